The van der Waals surface area contributed by atoms with Crippen LogP contribution < -0.4 is 10.2 Å². The Morgan fingerprint density at radius 1 is 0.947 bits per heavy atom. The largest absolute Gasteiger partial charge is 0.304 e. The molecular weight excluding hydrogens is 236 g/mol. The molecule has 0 aliphatic carbocycles. The lowest BCUT2D eigenvalue weighted by Gasteiger charge is -2.24. The third-order valence-corrected chi connectivity index (χ3v) is 3.43. The lowest BCUT2D eigenvalue weighted by Crippen LogP contribution is -2.32. The van der Waals surface area contributed by atoms with Gasteiger partial charge in [0.15, 0.2) is 0 Å². The predicted molar refractivity (Wildman–Crippen MR) is 76.5 cm³/mol. The van der Waals surface area contributed by atoms with E-state index >= 15 is 0 Å². The normalized spacial score (nSPS) is 15.0. The maximum atomic E-state index is 12.4. The van der Waals surface area contributed by atoms with E-state index in [1.807, 2.05) is 54.3 Å². The number of nitrogens with one attached hydrogen (secondary N) is 1. The summed E-state index contributed by atoms with van der Waals surface area (Å²) in [6, 6.07) is 16.0. The molecule has 2 aromatic rings. The molecule has 3 nitrogen and oxygen atoms in total. The lowest BCUT2D eigenvalue weighted by atomic mass is 10.1. The molecule has 1 aliphatic heterocycles. The summed E-state index contributed by atoms with van der Waals surface area (Å²) in [5.41, 5.74) is 4.19. The highest BCUT2D eigenvalue weighted by Crippen LogP contribution is 2.32. The molecule has 0 saturated heterocycles. The molecule has 0 saturated carbocycles. The summed E-state index contributed by atoms with van der Waals surface area (Å²) in [4.78, 5) is 14.2. The molecule has 3 heteroatoms. The van der Waals surface area contributed by atoms with E-state index in [1.54, 1.807) is 0 Å². The Labute approximate surface area is 112 Å². The molecular formula is C16H16N2O. The average molecular weight is 252 g/mol. The predicted octanol–water partition coefficient (Wildman–Crippen LogP) is 2.76. The summed E-state index contributed by atoms with van der Waals surface area (Å²) < 4.78 is 0. The van der Waals surface area contributed by atoms with Gasteiger partial charge in [-0.3, -0.25) is 9.69 Å². The fourth-order valence-corrected chi connectivity index (χ4v) is 2.47. The fraction of sp³-hybridized carbons (Fsp3) is 0.188. The third-order valence-electron chi connectivity index (χ3n) is 3.43. The molecule has 0 atom stereocenters. The molecule has 1 aliphatic rings. The number of anilines is 2. The Hall–Kier alpha value is -2.13. The summed E-state index contributed by atoms with van der Waals surface area (Å²) >= 11 is 0. The van der Waals surface area contributed by atoms with Crippen LogP contribution in [-0.2, 0) is 11.3 Å². The molecule has 0 aromatic heterocycles. The fourth-order valence-electron chi connectivity index (χ4n) is 2.47. The van der Waals surface area contributed by atoms with Gasteiger partial charge in [0, 0.05) is 6.54 Å². The first-order chi connectivity index (χ1) is 9.27. The molecule has 0 spiro atoms. The van der Waals surface area contributed by atoms with Gasteiger partial charge in [0.25, 0.3) is 0 Å². The molecule has 0 radical (unpaired) electrons. The van der Waals surface area contributed by atoms with Crippen molar-refractivity contribution in [3.8, 4) is 0 Å². The van der Waals surface area contributed by atoms with E-state index in [0.717, 1.165) is 29.0 Å². The van der Waals surface area contributed by atoms with Gasteiger partial charge in [-0.15, -0.1) is 0 Å². The van der Waals surface area contributed by atoms with E-state index in [9.17, 15) is 4.79 Å². The van der Waals surface area contributed by atoms with Crippen molar-refractivity contribution in [3.05, 3.63) is 59.7 Å². The van der Waals surface area contributed by atoms with E-state index < -0.39 is 0 Å². The molecule has 2 aromatic carbocycles. The summed E-state index contributed by atoms with van der Waals surface area (Å²) in [6.45, 7) is 3.12. The van der Waals surface area contributed by atoms with Crippen LogP contribution in [0.4, 0.5) is 11.4 Å². The minimum atomic E-state index is 0.0826. The van der Waals surface area contributed by atoms with Crippen molar-refractivity contribution in [2.24, 2.45) is 0 Å². The van der Waals surface area contributed by atoms with E-state index in [0.29, 0.717) is 6.54 Å². The highest BCUT2D eigenvalue weighted by molar-refractivity contribution is 6.03. The Morgan fingerprint density at radius 2 is 1.63 bits per heavy atom. The zero-order valence-corrected chi connectivity index (χ0v) is 10.9. The van der Waals surface area contributed by atoms with Crippen LogP contribution in [-0.4, -0.2) is 12.5 Å². The van der Waals surface area contributed by atoms with E-state index in [-0.39, 0.29) is 5.91 Å². The van der Waals surface area contributed by atoms with Crippen molar-refractivity contribution in [1.82, 2.24) is 5.32 Å². The van der Waals surface area contributed by atoms with Crippen LogP contribution in [0.15, 0.2) is 48.5 Å². The SMILES string of the molecule is Cc1ccccc1N1C(=O)CNCc2ccccc21. The number of hydrogen-bond donors (Lipinski definition) is 1. The molecule has 1 amide bonds. The molecule has 1 N–H and O–H groups in total. The average Bonchev–Trinajstić information content (AvgIpc) is 2.58. The number of carbonyl (C=O) groups is 1. The van der Waals surface area contributed by atoms with Crippen LogP contribution in [0, 0.1) is 6.92 Å². The molecule has 96 valence electrons. The second kappa shape index (κ2) is 4.86. The van der Waals surface area contributed by atoms with Crippen molar-refractivity contribution >= 4 is 17.3 Å². The van der Waals surface area contributed by atoms with Crippen LogP contribution in [0.3, 0.4) is 0 Å². The summed E-state index contributed by atoms with van der Waals surface area (Å²) in [5, 5.41) is 3.18. The minimum Gasteiger partial charge on any atom is -0.304 e. The van der Waals surface area contributed by atoms with Crippen molar-refractivity contribution in [2.75, 3.05) is 11.4 Å². The lowest BCUT2D eigenvalue weighted by molar-refractivity contribution is -0.117. The van der Waals surface area contributed by atoms with Crippen molar-refractivity contribution < 1.29 is 4.79 Å². The zero-order chi connectivity index (χ0) is 13.2. The summed E-state index contributed by atoms with van der Waals surface area (Å²) in [6.07, 6.45) is 0. The van der Waals surface area contributed by atoms with Crippen LogP contribution >= 0.6 is 0 Å². The Balaban J connectivity index is 2.18. The van der Waals surface area contributed by atoms with Crippen LogP contribution in [0.2, 0.25) is 0 Å². The molecule has 0 unspecified atom stereocenters. The molecule has 0 fully saturated rings. The van der Waals surface area contributed by atoms with Crippen LogP contribution in [0.1, 0.15) is 11.1 Å². The summed E-state index contributed by atoms with van der Waals surface area (Å²) in [7, 11) is 0. The number of fused-ring (bicyclic) bond motifs is 1. The van der Waals surface area contributed by atoms with Crippen molar-refractivity contribution in [2.45, 2.75) is 13.5 Å². The van der Waals surface area contributed by atoms with Gasteiger partial charge in [-0.05, 0) is 30.2 Å². The highest BCUT2D eigenvalue weighted by Gasteiger charge is 2.23. The quantitative estimate of drug-likeness (QED) is 0.846. The molecule has 0 bridgehead atoms. The molecule has 1 heterocycles. The summed E-state index contributed by atoms with van der Waals surface area (Å²) in [5.74, 6) is 0.0826. The smallest absolute Gasteiger partial charge is 0.245 e. The number of carbonyl (C=O) groups excluding carboxylic acids is 1. The van der Waals surface area contributed by atoms with Gasteiger partial charge < -0.3 is 5.32 Å². The van der Waals surface area contributed by atoms with Gasteiger partial charge in [0.2, 0.25) is 5.91 Å². The van der Waals surface area contributed by atoms with Crippen LogP contribution in [0.5, 0.6) is 0 Å². The standard InChI is InChI=1S/C16H16N2O/c1-12-6-2-4-8-14(12)18-15-9-5-3-7-13(15)10-17-11-16(18)19/h2-9,17H,10-11H2,1H3. The zero-order valence-electron chi connectivity index (χ0n) is 10.9. The second-order valence-corrected chi connectivity index (χ2v) is 4.75. The number of para-hydroxylation sites is 2. The number of benzene rings is 2. The van der Waals surface area contributed by atoms with Crippen LogP contribution in [0.25, 0.3) is 0 Å². The van der Waals surface area contributed by atoms with Gasteiger partial charge in [0.1, 0.15) is 0 Å². The van der Waals surface area contributed by atoms with Gasteiger partial charge in [-0.2, -0.15) is 0 Å². The molecule has 3 rings (SSSR count). The Bertz CT molecular complexity index is 622. The number of hydrogen-bond acceptors (Lipinski definition) is 2. The van der Waals surface area contributed by atoms with Gasteiger partial charge in [-0.1, -0.05) is 36.4 Å². The first-order valence-electron chi connectivity index (χ1n) is 6.44. The third kappa shape index (κ3) is 2.13. The number of amides is 1. The van der Waals surface area contributed by atoms with Gasteiger partial charge >= 0.3 is 0 Å². The monoisotopic (exact) mass is 252 g/mol. The number of rotatable bonds is 1. The maximum Gasteiger partial charge on any atom is 0.245 e. The van der Waals surface area contributed by atoms with Gasteiger partial charge in [-0.25, -0.2) is 0 Å². The van der Waals surface area contributed by atoms with Crippen molar-refractivity contribution in [3.63, 3.8) is 0 Å². The minimum absolute atomic E-state index is 0.0826. The van der Waals surface area contributed by atoms with E-state index in [4.69, 9.17) is 0 Å². The van der Waals surface area contributed by atoms with E-state index in [1.165, 1.54) is 0 Å². The first-order valence-corrected chi connectivity index (χ1v) is 6.44. The topological polar surface area (TPSA) is 32.3 Å². The number of nitrogens with zero attached hydrogens (tertiary/aromatic N) is 1. The molecule has 19 heavy (non-hydrogen) atoms. The Morgan fingerprint density at radius 3 is 2.42 bits per heavy atom. The highest BCUT2D eigenvalue weighted by atomic mass is 16.2. The first kappa shape index (κ1) is 11.9. The number of aryl methyl sites for hydroxylation is 1. The maximum absolute atomic E-state index is 12.4. The van der Waals surface area contributed by atoms with E-state index in [2.05, 4.69) is 11.4 Å². The van der Waals surface area contributed by atoms with Gasteiger partial charge in [0.05, 0.1) is 17.9 Å². The Kier molecular flexibility index (Phi) is 3.05. The second-order valence-electron chi connectivity index (χ2n) is 4.75. The van der Waals surface area contributed by atoms with Crippen molar-refractivity contribution in [1.29, 1.82) is 0 Å².